The Morgan fingerprint density at radius 1 is 1.23 bits per heavy atom. The summed E-state index contributed by atoms with van der Waals surface area (Å²) in [5.41, 5.74) is 3.97. The number of phenols is 1. The lowest BCUT2D eigenvalue weighted by Crippen LogP contribution is -2.58. The van der Waals surface area contributed by atoms with Crippen molar-refractivity contribution in [2.75, 3.05) is 4.90 Å². The van der Waals surface area contributed by atoms with Gasteiger partial charge in [0.15, 0.2) is 11.0 Å². The summed E-state index contributed by atoms with van der Waals surface area (Å²) in [6, 6.07) is 9.88. The first-order valence-electron chi connectivity index (χ1n) is 8.46. The van der Waals surface area contributed by atoms with E-state index >= 15 is 0 Å². The van der Waals surface area contributed by atoms with E-state index in [-0.39, 0.29) is 16.4 Å². The number of hydrogen-bond donors (Lipinski definition) is 3. The maximum absolute atomic E-state index is 12.8. The van der Waals surface area contributed by atoms with Gasteiger partial charge in [-0.1, -0.05) is 17.7 Å². The van der Waals surface area contributed by atoms with E-state index < -0.39 is 23.6 Å². The van der Waals surface area contributed by atoms with Gasteiger partial charge in [-0.3, -0.25) is 19.3 Å². The van der Waals surface area contributed by atoms with Crippen LogP contribution < -0.4 is 15.6 Å². The van der Waals surface area contributed by atoms with Crippen molar-refractivity contribution >= 4 is 78.8 Å². The van der Waals surface area contributed by atoms with Gasteiger partial charge in [0.05, 0.1) is 14.6 Å². The van der Waals surface area contributed by atoms with Crippen LogP contribution in [0.25, 0.3) is 0 Å². The van der Waals surface area contributed by atoms with Crippen LogP contribution in [-0.2, 0) is 9.59 Å². The standard InChI is InChI=1S/C19H14Br2N4O4S/c1-9-2-4-11(5-3-9)25-18(29)12(17(28)23-19(25)30)8-22-24-16(27)10-6-13(20)15(26)14(21)7-10/h2-8,12,26H,1H3,(H,24,27)(H,23,28,30)/b22-8+/t12-/m1/s1. The molecule has 2 aromatic carbocycles. The molecule has 0 aliphatic carbocycles. The molecule has 154 valence electrons. The zero-order chi connectivity index (χ0) is 22.0. The van der Waals surface area contributed by atoms with Gasteiger partial charge in [-0.15, -0.1) is 0 Å². The van der Waals surface area contributed by atoms with Gasteiger partial charge in [0.25, 0.3) is 11.8 Å². The van der Waals surface area contributed by atoms with E-state index in [9.17, 15) is 19.5 Å². The highest BCUT2D eigenvalue weighted by Gasteiger charge is 2.38. The monoisotopic (exact) mass is 552 g/mol. The maximum atomic E-state index is 12.8. The summed E-state index contributed by atoms with van der Waals surface area (Å²) in [5.74, 6) is -3.13. The van der Waals surface area contributed by atoms with E-state index in [2.05, 4.69) is 47.7 Å². The molecule has 1 aliphatic rings. The number of benzene rings is 2. The average Bonchev–Trinajstić information content (AvgIpc) is 2.69. The Bertz CT molecular complexity index is 1070. The lowest BCUT2D eigenvalue weighted by Gasteiger charge is -2.30. The van der Waals surface area contributed by atoms with Crippen molar-refractivity contribution in [1.29, 1.82) is 0 Å². The van der Waals surface area contributed by atoms with E-state index in [1.54, 1.807) is 12.1 Å². The summed E-state index contributed by atoms with van der Waals surface area (Å²) in [6.45, 7) is 1.91. The smallest absolute Gasteiger partial charge is 0.271 e. The predicted octanol–water partition coefficient (Wildman–Crippen LogP) is 3.01. The van der Waals surface area contributed by atoms with Crippen LogP contribution in [0.2, 0.25) is 0 Å². The first-order chi connectivity index (χ1) is 14.2. The number of hydrazone groups is 1. The van der Waals surface area contributed by atoms with Gasteiger partial charge in [0.1, 0.15) is 5.75 Å². The minimum absolute atomic E-state index is 0.0265. The third-order valence-corrected chi connectivity index (χ3v) is 5.66. The molecule has 0 aromatic heterocycles. The second-order valence-corrected chi connectivity index (χ2v) is 8.38. The summed E-state index contributed by atoms with van der Waals surface area (Å²) in [5, 5.41) is 15.9. The minimum atomic E-state index is -1.27. The van der Waals surface area contributed by atoms with Gasteiger partial charge in [0, 0.05) is 11.8 Å². The SMILES string of the molecule is Cc1ccc(N2C(=O)[C@H](/C=N/NC(=O)c3cc(Br)c(O)c(Br)c3)C(=O)NC2=S)cc1. The van der Waals surface area contributed by atoms with Crippen LogP contribution in [0.4, 0.5) is 5.69 Å². The fraction of sp³-hybridized carbons (Fsp3) is 0.105. The number of phenolic OH excluding ortho intramolecular Hbond substituents is 1. The number of aromatic hydroxyl groups is 1. The number of halogens is 2. The van der Waals surface area contributed by atoms with Gasteiger partial charge in [-0.25, -0.2) is 5.43 Å². The van der Waals surface area contributed by atoms with Crippen molar-refractivity contribution < 1.29 is 19.5 Å². The molecule has 2 aromatic rings. The van der Waals surface area contributed by atoms with Crippen LogP contribution in [0.1, 0.15) is 15.9 Å². The highest BCUT2D eigenvalue weighted by atomic mass is 79.9. The first-order valence-corrected chi connectivity index (χ1v) is 10.5. The normalized spacial score (nSPS) is 16.7. The number of nitrogens with zero attached hydrogens (tertiary/aromatic N) is 2. The van der Waals surface area contributed by atoms with Crippen molar-refractivity contribution in [2.24, 2.45) is 11.0 Å². The predicted molar refractivity (Wildman–Crippen MR) is 122 cm³/mol. The lowest BCUT2D eigenvalue weighted by atomic mass is 10.1. The molecule has 0 radical (unpaired) electrons. The second kappa shape index (κ2) is 9.02. The van der Waals surface area contributed by atoms with E-state index in [4.69, 9.17) is 12.2 Å². The molecule has 0 bridgehead atoms. The number of carbonyl (C=O) groups is 3. The Balaban J connectivity index is 1.76. The Morgan fingerprint density at radius 3 is 2.43 bits per heavy atom. The molecule has 11 heteroatoms. The minimum Gasteiger partial charge on any atom is -0.506 e. The lowest BCUT2D eigenvalue weighted by molar-refractivity contribution is -0.130. The highest BCUT2D eigenvalue weighted by molar-refractivity contribution is 9.11. The number of anilines is 1. The molecule has 0 unspecified atom stereocenters. The molecule has 1 aliphatic heterocycles. The second-order valence-electron chi connectivity index (χ2n) is 6.29. The number of hydrogen-bond acceptors (Lipinski definition) is 6. The summed E-state index contributed by atoms with van der Waals surface area (Å²) < 4.78 is 0.630. The van der Waals surface area contributed by atoms with Crippen molar-refractivity contribution in [2.45, 2.75) is 6.92 Å². The van der Waals surface area contributed by atoms with E-state index in [1.807, 2.05) is 19.1 Å². The van der Waals surface area contributed by atoms with Crippen molar-refractivity contribution in [3.8, 4) is 5.75 Å². The van der Waals surface area contributed by atoms with Crippen LogP contribution in [0.3, 0.4) is 0 Å². The molecule has 1 fully saturated rings. The summed E-state index contributed by atoms with van der Waals surface area (Å²) >= 11 is 11.4. The van der Waals surface area contributed by atoms with Crippen LogP contribution in [0, 0.1) is 12.8 Å². The van der Waals surface area contributed by atoms with E-state index in [1.165, 1.54) is 17.0 Å². The van der Waals surface area contributed by atoms with Crippen LogP contribution >= 0.6 is 44.1 Å². The Kier molecular flexibility index (Phi) is 6.64. The number of thiocarbonyl (C=S) groups is 1. The van der Waals surface area contributed by atoms with Gasteiger partial charge >= 0.3 is 0 Å². The molecular formula is C19H14Br2N4O4S. The maximum Gasteiger partial charge on any atom is 0.271 e. The third kappa shape index (κ3) is 4.58. The number of carbonyl (C=O) groups excluding carboxylic acids is 3. The van der Waals surface area contributed by atoms with Crippen molar-refractivity contribution in [1.82, 2.24) is 10.7 Å². The zero-order valence-corrected chi connectivity index (χ0v) is 19.3. The molecule has 0 saturated carbocycles. The molecule has 3 amide bonds. The molecule has 1 heterocycles. The van der Waals surface area contributed by atoms with Crippen molar-refractivity contribution in [3.63, 3.8) is 0 Å². The Labute approximate surface area is 193 Å². The highest BCUT2D eigenvalue weighted by Crippen LogP contribution is 2.33. The van der Waals surface area contributed by atoms with Gasteiger partial charge in [0.2, 0.25) is 5.91 Å². The number of rotatable bonds is 4. The van der Waals surface area contributed by atoms with Gasteiger partial charge in [-0.2, -0.15) is 5.10 Å². The third-order valence-electron chi connectivity index (χ3n) is 4.16. The molecule has 0 spiro atoms. The molecule has 1 saturated heterocycles. The zero-order valence-electron chi connectivity index (χ0n) is 15.3. The fourth-order valence-electron chi connectivity index (χ4n) is 2.59. The number of nitrogens with one attached hydrogen (secondary N) is 2. The molecule has 1 atom stereocenters. The summed E-state index contributed by atoms with van der Waals surface area (Å²) in [7, 11) is 0. The number of amides is 3. The molecule has 30 heavy (non-hydrogen) atoms. The molecule has 8 nitrogen and oxygen atoms in total. The largest absolute Gasteiger partial charge is 0.506 e. The molecule has 3 rings (SSSR count). The Hall–Kier alpha value is -2.63. The topological polar surface area (TPSA) is 111 Å². The number of aryl methyl sites for hydroxylation is 1. The quantitative estimate of drug-likeness (QED) is 0.233. The average molecular weight is 554 g/mol. The van der Waals surface area contributed by atoms with Crippen LogP contribution in [0.15, 0.2) is 50.4 Å². The van der Waals surface area contributed by atoms with Crippen LogP contribution in [0.5, 0.6) is 5.75 Å². The molecule has 3 N–H and O–H groups in total. The summed E-state index contributed by atoms with van der Waals surface area (Å²) in [4.78, 5) is 38.5. The van der Waals surface area contributed by atoms with E-state index in [0.717, 1.165) is 11.8 Å². The van der Waals surface area contributed by atoms with Gasteiger partial charge < -0.3 is 10.4 Å². The van der Waals surface area contributed by atoms with Crippen LogP contribution in [-0.4, -0.2) is 34.2 Å². The van der Waals surface area contributed by atoms with E-state index in [0.29, 0.717) is 14.6 Å². The Morgan fingerprint density at radius 2 is 1.83 bits per heavy atom. The van der Waals surface area contributed by atoms with Crippen molar-refractivity contribution in [3.05, 3.63) is 56.5 Å². The van der Waals surface area contributed by atoms with Gasteiger partial charge in [-0.05, 0) is 75.3 Å². The molecular weight excluding hydrogens is 540 g/mol. The fourth-order valence-corrected chi connectivity index (χ4v) is 4.07. The first kappa shape index (κ1) is 22.1. The summed E-state index contributed by atoms with van der Waals surface area (Å²) in [6.07, 6.45) is 1.04.